The van der Waals surface area contributed by atoms with Crippen LogP contribution < -0.4 is 5.32 Å². The lowest BCUT2D eigenvalue weighted by Crippen LogP contribution is -2.42. The molecule has 2 heterocycles. The highest BCUT2D eigenvalue weighted by atomic mass is 35.5. The Kier molecular flexibility index (Phi) is 8.80. The molecular weight excluding hydrogens is 303 g/mol. The number of ether oxygens (including phenoxy) is 1. The zero-order valence-electron chi connectivity index (χ0n) is 11.7. The number of rotatable bonds is 4. The summed E-state index contributed by atoms with van der Waals surface area (Å²) in [6, 6.07) is 0. The van der Waals surface area contributed by atoms with Crippen LogP contribution in [0.1, 0.15) is 18.1 Å². The van der Waals surface area contributed by atoms with E-state index >= 15 is 0 Å². The molecule has 0 saturated carbocycles. The Morgan fingerprint density at radius 2 is 2.30 bits per heavy atom. The molecular formula is C12H22Cl2N4O2. The lowest BCUT2D eigenvalue weighted by Gasteiger charge is -2.32. The van der Waals surface area contributed by atoms with Gasteiger partial charge in [0.15, 0.2) is 0 Å². The van der Waals surface area contributed by atoms with E-state index < -0.39 is 0 Å². The van der Waals surface area contributed by atoms with Crippen molar-refractivity contribution in [2.24, 2.45) is 7.05 Å². The Hall–Kier alpha value is -0.820. The molecule has 1 N–H and O–H groups in total. The highest BCUT2D eigenvalue weighted by molar-refractivity contribution is 5.85. The summed E-state index contributed by atoms with van der Waals surface area (Å²) in [7, 11) is 3.73. The highest BCUT2D eigenvalue weighted by Crippen LogP contribution is 2.21. The molecule has 0 radical (unpaired) electrons. The van der Waals surface area contributed by atoms with E-state index in [2.05, 4.69) is 10.4 Å². The zero-order valence-corrected chi connectivity index (χ0v) is 13.4. The average molecular weight is 325 g/mol. The van der Waals surface area contributed by atoms with Crippen LogP contribution in [0.4, 0.5) is 0 Å². The number of amides is 1. The van der Waals surface area contributed by atoms with Gasteiger partial charge < -0.3 is 15.0 Å². The summed E-state index contributed by atoms with van der Waals surface area (Å²) in [5.74, 6) is 0.182. The van der Waals surface area contributed by atoms with Crippen LogP contribution in [0.15, 0.2) is 12.4 Å². The van der Waals surface area contributed by atoms with Crippen molar-refractivity contribution in [1.82, 2.24) is 20.0 Å². The first kappa shape index (κ1) is 19.2. The van der Waals surface area contributed by atoms with Crippen molar-refractivity contribution in [3.63, 3.8) is 0 Å². The summed E-state index contributed by atoms with van der Waals surface area (Å²) in [5, 5.41) is 7.13. The second-order valence-corrected chi connectivity index (χ2v) is 4.50. The fraction of sp³-hybridized carbons (Fsp3) is 0.667. The molecule has 8 heteroatoms. The van der Waals surface area contributed by atoms with Gasteiger partial charge in [-0.05, 0) is 7.05 Å². The maximum atomic E-state index is 11.9. The van der Waals surface area contributed by atoms with Gasteiger partial charge in [-0.1, -0.05) is 0 Å². The van der Waals surface area contributed by atoms with E-state index in [1.807, 2.05) is 25.2 Å². The third-order valence-electron chi connectivity index (χ3n) is 3.10. The Bertz CT molecular complexity index is 414. The zero-order chi connectivity index (χ0) is 13.0. The average Bonchev–Trinajstić information content (AvgIpc) is 2.83. The summed E-state index contributed by atoms with van der Waals surface area (Å²) in [4.78, 5) is 13.8. The van der Waals surface area contributed by atoms with Gasteiger partial charge in [-0.15, -0.1) is 24.8 Å². The molecule has 1 aliphatic heterocycles. The number of aromatic nitrogens is 2. The van der Waals surface area contributed by atoms with Crippen LogP contribution in [0.3, 0.4) is 0 Å². The molecule has 1 aliphatic rings. The maximum Gasteiger partial charge on any atom is 0.224 e. The number of nitrogens with zero attached hydrogens (tertiary/aromatic N) is 3. The number of nitrogens with one attached hydrogen (secondary N) is 1. The molecule has 1 unspecified atom stereocenters. The lowest BCUT2D eigenvalue weighted by atomic mass is 10.1. The fourth-order valence-corrected chi connectivity index (χ4v) is 2.07. The molecule has 0 bridgehead atoms. The Morgan fingerprint density at radius 3 is 2.90 bits per heavy atom. The molecule has 1 amide bonds. The minimum atomic E-state index is -0.0500. The first-order valence-electron chi connectivity index (χ1n) is 6.23. The number of morpholine rings is 1. The van der Waals surface area contributed by atoms with Gasteiger partial charge in [0, 0.05) is 38.3 Å². The van der Waals surface area contributed by atoms with Crippen LogP contribution in [-0.4, -0.2) is 53.9 Å². The van der Waals surface area contributed by atoms with Gasteiger partial charge in [0.1, 0.15) is 6.10 Å². The van der Waals surface area contributed by atoms with Crippen molar-refractivity contribution in [2.75, 3.05) is 33.3 Å². The van der Waals surface area contributed by atoms with Gasteiger partial charge in [-0.2, -0.15) is 5.10 Å². The van der Waals surface area contributed by atoms with Crippen LogP contribution in [0.2, 0.25) is 0 Å². The Labute approximate surface area is 131 Å². The SMILES string of the molecule is CNCCC(=O)N1CCOC(c2cnn(C)c2)C1.Cl.Cl. The van der Waals surface area contributed by atoms with Gasteiger partial charge in [0.05, 0.1) is 19.3 Å². The third-order valence-corrected chi connectivity index (χ3v) is 3.10. The quantitative estimate of drug-likeness (QED) is 0.889. The third kappa shape index (κ3) is 4.94. The highest BCUT2D eigenvalue weighted by Gasteiger charge is 2.25. The minimum absolute atomic E-state index is 0. The molecule has 1 atom stereocenters. The summed E-state index contributed by atoms with van der Waals surface area (Å²) in [5.41, 5.74) is 1.03. The van der Waals surface area contributed by atoms with Crippen molar-refractivity contribution in [3.05, 3.63) is 18.0 Å². The van der Waals surface area contributed by atoms with E-state index in [0.29, 0.717) is 32.7 Å². The lowest BCUT2D eigenvalue weighted by molar-refractivity contribution is -0.138. The monoisotopic (exact) mass is 324 g/mol. The smallest absolute Gasteiger partial charge is 0.224 e. The van der Waals surface area contributed by atoms with Crippen molar-refractivity contribution in [1.29, 1.82) is 0 Å². The number of aryl methyl sites for hydroxylation is 1. The summed E-state index contributed by atoms with van der Waals surface area (Å²) in [6.45, 7) is 2.60. The number of hydrogen-bond acceptors (Lipinski definition) is 4. The second-order valence-electron chi connectivity index (χ2n) is 4.50. The normalized spacial score (nSPS) is 18.1. The van der Waals surface area contributed by atoms with Crippen LogP contribution >= 0.6 is 24.8 Å². The first-order valence-corrected chi connectivity index (χ1v) is 6.23. The van der Waals surface area contributed by atoms with Crippen molar-refractivity contribution in [2.45, 2.75) is 12.5 Å². The molecule has 1 saturated heterocycles. The summed E-state index contributed by atoms with van der Waals surface area (Å²) >= 11 is 0. The van der Waals surface area contributed by atoms with Gasteiger partial charge >= 0.3 is 0 Å². The fourth-order valence-electron chi connectivity index (χ4n) is 2.07. The number of carbonyl (C=O) groups excluding carboxylic acids is 1. The minimum Gasteiger partial charge on any atom is -0.370 e. The second kappa shape index (κ2) is 9.18. The molecule has 2 rings (SSSR count). The van der Waals surface area contributed by atoms with Gasteiger partial charge in [-0.3, -0.25) is 9.48 Å². The molecule has 20 heavy (non-hydrogen) atoms. The van der Waals surface area contributed by atoms with Crippen LogP contribution in [-0.2, 0) is 16.6 Å². The standard InChI is InChI=1S/C12H20N4O2.2ClH/c1-13-4-3-12(17)16-5-6-18-11(9-16)10-7-14-15(2)8-10;;/h7-8,11,13H,3-6,9H2,1-2H3;2*1H. The molecule has 116 valence electrons. The summed E-state index contributed by atoms with van der Waals surface area (Å²) in [6.07, 6.45) is 4.22. The van der Waals surface area contributed by atoms with E-state index in [9.17, 15) is 4.79 Å². The van der Waals surface area contributed by atoms with E-state index in [-0.39, 0.29) is 36.8 Å². The molecule has 1 aromatic heterocycles. The van der Waals surface area contributed by atoms with Crippen LogP contribution in [0.25, 0.3) is 0 Å². The Balaban J connectivity index is 0.00000180. The van der Waals surface area contributed by atoms with E-state index in [4.69, 9.17) is 4.74 Å². The molecule has 0 aliphatic carbocycles. The van der Waals surface area contributed by atoms with Gasteiger partial charge in [0.2, 0.25) is 5.91 Å². The van der Waals surface area contributed by atoms with Crippen molar-refractivity contribution >= 4 is 30.7 Å². The predicted molar refractivity (Wildman–Crippen MR) is 81.5 cm³/mol. The largest absolute Gasteiger partial charge is 0.370 e. The number of halogens is 2. The molecule has 6 nitrogen and oxygen atoms in total. The van der Waals surface area contributed by atoms with Gasteiger partial charge in [-0.25, -0.2) is 0 Å². The van der Waals surface area contributed by atoms with Crippen molar-refractivity contribution < 1.29 is 9.53 Å². The van der Waals surface area contributed by atoms with E-state index in [0.717, 1.165) is 5.56 Å². The van der Waals surface area contributed by atoms with Crippen LogP contribution in [0.5, 0.6) is 0 Å². The molecule has 1 fully saturated rings. The molecule has 0 spiro atoms. The predicted octanol–water partition coefficient (Wildman–Crippen LogP) is 0.773. The topological polar surface area (TPSA) is 59.4 Å². The Morgan fingerprint density at radius 1 is 1.55 bits per heavy atom. The van der Waals surface area contributed by atoms with Crippen LogP contribution in [0, 0.1) is 0 Å². The molecule has 0 aromatic carbocycles. The number of carbonyl (C=O) groups is 1. The maximum absolute atomic E-state index is 11.9. The summed E-state index contributed by atoms with van der Waals surface area (Å²) < 4.78 is 7.45. The number of hydrogen-bond donors (Lipinski definition) is 1. The molecule has 1 aromatic rings. The van der Waals surface area contributed by atoms with E-state index in [1.54, 1.807) is 10.9 Å². The van der Waals surface area contributed by atoms with Gasteiger partial charge in [0.25, 0.3) is 0 Å². The van der Waals surface area contributed by atoms with E-state index in [1.165, 1.54) is 0 Å². The van der Waals surface area contributed by atoms with Crippen molar-refractivity contribution in [3.8, 4) is 0 Å². The first-order chi connectivity index (χ1) is 8.70.